The summed E-state index contributed by atoms with van der Waals surface area (Å²) in [6.45, 7) is 5.15. The monoisotopic (exact) mass is 622 g/mol. The minimum absolute atomic E-state index is 0.0347. The zero-order chi connectivity index (χ0) is 28.8. The number of rotatable bonds is 9. The van der Waals surface area contributed by atoms with Crippen LogP contribution in [0.3, 0.4) is 0 Å². The van der Waals surface area contributed by atoms with Gasteiger partial charge in [-0.25, -0.2) is 22.1 Å². The summed E-state index contributed by atoms with van der Waals surface area (Å²) in [6, 6.07) is 7.72. The summed E-state index contributed by atoms with van der Waals surface area (Å²) in [5.74, 6) is -0.820. The molecule has 3 saturated heterocycles. The molecule has 0 aliphatic carbocycles. The quantitative estimate of drug-likeness (QED) is 0.355. The van der Waals surface area contributed by atoms with E-state index in [1.165, 1.54) is 12.3 Å². The second-order valence-corrected chi connectivity index (χ2v) is 13.9. The van der Waals surface area contributed by atoms with Crippen LogP contribution in [0.4, 0.5) is 15.2 Å². The van der Waals surface area contributed by atoms with Crippen LogP contribution in [0.25, 0.3) is 0 Å². The highest BCUT2D eigenvalue weighted by Crippen LogP contribution is 2.47. The summed E-state index contributed by atoms with van der Waals surface area (Å²) < 4.78 is 61.8. The molecule has 9 nitrogen and oxygen atoms in total. The molecule has 1 unspecified atom stereocenters. The molecule has 41 heavy (non-hydrogen) atoms. The molecule has 0 amide bonds. The topological polar surface area (TPSA) is 93.2 Å². The zero-order valence-corrected chi connectivity index (χ0v) is 25.2. The van der Waals surface area contributed by atoms with Gasteiger partial charge in [-0.2, -0.15) is 0 Å². The molecule has 0 radical (unpaired) electrons. The first-order valence-corrected chi connectivity index (χ1v) is 16.2. The van der Waals surface area contributed by atoms with Crippen LogP contribution >= 0.6 is 22.9 Å². The predicted molar refractivity (Wildman–Crippen MR) is 156 cm³/mol. The van der Waals surface area contributed by atoms with Crippen LogP contribution in [0, 0.1) is 12.7 Å². The van der Waals surface area contributed by atoms with E-state index in [1.54, 1.807) is 24.6 Å². The molecule has 0 bridgehead atoms. The van der Waals surface area contributed by atoms with Crippen molar-refractivity contribution >= 4 is 43.8 Å². The van der Waals surface area contributed by atoms with Gasteiger partial charge >= 0.3 is 0 Å². The largest absolute Gasteiger partial charge is 0.497 e. The Morgan fingerprint density at radius 1 is 1.27 bits per heavy atom. The average Bonchev–Trinajstić information content (AvgIpc) is 3.74. The van der Waals surface area contributed by atoms with E-state index in [-0.39, 0.29) is 22.2 Å². The third-order valence-electron chi connectivity index (χ3n) is 8.28. The van der Waals surface area contributed by atoms with Crippen LogP contribution in [0.1, 0.15) is 30.4 Å². The van der Waals surface area contributed by atoms with Crippen LogP contribution in [0.5, 0.6) is 5.75 Å². The van der Waals surface area contributed by atoms with E-state index in [4.69, 9.17) is 25.8 Å². The van der Waals surface area contributed by atoms with E-state index in [0.717, 1.165) is 52.2 Å². The molecule has 1 spiro atoms. The maximum absolute atomic E-state index is 15.7. The van der Waals surface area contributed by atoms with Gasteiger partial charge in [0.2, 0.25) is 0 Å². The molecular weight excluding hydrogens is 591 g/mol. The molecule has 13 heteroatoms. The molecule has 3 aliphatic heterocycles. The number of fused-ring (bicyclic) bond motifs is 1. The van der Waals surface area contributed by atoms with Gasteiger partial charge in [0.15, 0.2) is 10.9 Å². The first-order chi connectivity index (χ1) is 19.6. The number of ether oxygens (including phenoxy) is 3. The fourth-order valence-corrected chi connectivity index (χ4v) is 8.84. The molecule has 1 aromatic heterocycles. The first-order valence-electron chi connectivity index (χ1n) is 13.5. The van der Waals surface area contributed by atoms with Gasteiger partial charge < -0.3 is 19.5 Å². The van der Waals surface area contributed by atoms with Crippen molar-refractivity contribution < 1.29 is 27.0 Å². The highest BCUT2D eigenvalue weighted by molar-refractivity contribution is 7.93. The summed E-state index contributed by atoms with van der Waals surface area (Å²) in [5.41, 5.74) is 1.71. The fourth-order valence-electron chi connectivity index (χ4n) is 6.20. The van der Waals surface area contributed by atoms with E-state index >= 15 is 4.39 Å². The molecule has 0 saturated carbocycles. The number of benzene rings is 2. The second kappa shape index (κ2) is 11.0. The Morgan fingerprint density at radius 3 is 2.78 bits per heavy atom. The normalized spacial score (nSPS) is 21.9. The number of nitrogens with one attached hydrogen (secondary N) is 1. The third-order valence-corrected chi connectivity index (χ3v) is 11.3. The van der Waals surface area contributed by atoms with Gasteiger partial charge in [0.1, 0.15) is 16.5 Å². The van der Waals surface area contributed by atoms with Gasteiger partial charge in [-0.1, -0.05) is 17.7 Å². The molecule has 3 aliphatic rings. The first kappa shape index (κ1) is 28.6. The van der Waals surface area contributed by atoms with Crippen molar-refractivity contribution in [2.24, 2.45) is 0 Å². The molecule has 2 aromatic carbocycles. The maximum atomic E-state index is 15.7. The number of nitrogens with zero attached hydrogens (tertiary/aromatic N) is 3. The summed E-state index contributed by atoms with van der Waals surface area (Å²) in [4.78, 5) is 6.08. The Labute approximate surface area is 248 Å². The van der Waals surface area contributed by atoms with E-state index in [1.807, 2.05) is 13.0 Å². The lowest BCUT2D eigenvalue weighted by atomic mass is 9.92. The maximum Gasteiger partial charge on any atom is 0.269 e. The summed E-state index contributed by atoms with van der Waals surface area (Å²) in [5, 5.41) is 5.32. The number of methoxy groups -OCH3 is 1. The van der Waals surface area contributed by atoms with Gasteiger partial charge in [0.25, 0.3) is 10.0 Å². The van der Waals surface area contributed by atoms with Crippen LogP contribution in [-0.4, -0.2) is 69.6 Å². The lowest BCUT2D eigenvalue weighted by molar-refractivity contribution is -0.147. The molecule has 3 aromatic rings. The number of sulfonamides is 1. The van der Waals surface area contributed by atoms with E-state index in [2.05, 4.69) is 15.2 Å². The van der Waals surface area contributed by atoms with E-state index in [0.29, 0.717) is 44.2 Å². The summed E-state index contributed by atoms with van der Waals surface area (Å²) in [6.07, 6.45) is 4.24. The van der Waals surface area contributed by atoms with Crippen molar-refractivity contribution in [1.29, 1.82) is 0 Å². The van der Waals surface area contributed by atoms with Gasteiger partial charge in [0.05, 0.1) is 44.1 Å². The van der Waals surface area contributed by atoms with Gasteiger partial charge in [-0.05, 0) is 61.7 Å². The number of hydrogen-bond acceptors (Lipinski definition) is 9. The molecular formula is C28H32ClFN4O5S2. The highest BCUT2D eigenvalue weighted by atomic mass is 35.5. The molecule has 1 N–H and O–H groups in total. The Balaban J connectivity index is 1.26. The Morgan fingerprint density at radius 2 is 2.07 bits per heavy atom. The molecule has 3 fully saturated rings. The van der Waals surface area contributed by atoms with Crippen molar-refractivity contribution in [2.75, 3.05) is 49.6 Å². The predicted octanol–water partition coefficient (Wildman–Crippen LogP) is 5.04. The van der Waals surface area contributed by atoms with Gasteiger partial charge in [0, 0.05) is 30.1 Å². The van der Waals surface area contributed by atoms with Crippen LogP contribution in [0.2, 0.25) is 5.02 Å². The van der Waals surface area contributed by atoms with Crippen molar-refractivity contribution in [3.05, 3.63) is 63.9 Å². The minimum atomic E-state index is -4.36. The SMILES string of the molecule is COc1ccc(CN(c2nccs2)S(=O)(=O)c2cc(Cl)c(NCC34CCCN3CC3(C4)OCCO3)cc2F)c(C)c1. The number of aryl methyl sites for hydroxylation is 1. The molecule has 6 rings (SSSR count). The smallest absolute Gasteiger partial charge is 0.269 e. The molecule has 1 atom stereocenters. The standard InChI is InChI=1S/C28H32ClFN4O5S2/c1-19-12-21(37-2)5-4-20(19)15-34(26-31-7-11-40-26)41(35,36)25-13-22(29)24(14-23(25)30)32-17-27-6-3-8-33(27)18-28(16-27)38-9-10-39-28/h4-5,7,11-14,32H,3,6,8-10,15-18H2,1-2H3. The number of halogens is 2. The van der Waals surface area contributed by atoms with Crippen molar-refractivity contribution in [3.63, 3.8) is 0 Å². The van der Waals surface area contributed by atoms with Crippen LogP contribution < -0.4 is 14.4 Å². The fraction of sp³-hybridized carbons (Fsp3) is 0.464. The number of anilines is 2. The van der Waals surface area contributed by atoms with E-state index in [9.17, 15) is 8.42 Å². The summed E-state index contributed by atoms with van der Waals surface area (Å²) in [7, 11) is -2.80. The van der Waals surface area contributed by atoms with Crippen molar-refractivity contribution in [2.45, 2.75) is 49.0 Å². The second-order valence-electron chi connectivity index (χ2n) is 10.8. The summed E-state index contributed by atoms with van der Waals surface area (Å²) >= 11 is 7.76. The number of aromatic nitrogens is 1. The third kappa shape index (κ3) is 5.30. The Kier molecular flexibility index (Phi) is 7.66. The zero-order valence-electron chi connectivity index (χ0n) is 22.9. The number of hydrogen-bond donors (Lipinski definition) is 1. The Hall–Kier alpha value is -2.48. The van der Waals surface area contributed by atoms with Gasteiger partial charge in [-0.3, -0.25) is 4.90 Å². The lowest BCUT2D eigenvalue weighted by Gasteiger charge is -2.32. The lowest BCUT2D eigenvalue weighted by Crippen LogP contribution is -2.44. The number of thiazole rings is 1. The minimum Gasteiger partial charge on any atom is -0.497 e. The van der Waals surface area contributed by atoms with Crippen molar-refractivity contribution in [3.8, 4) is 5.75 Å². The average molecular weight is 623 g/mol. The van der Waals surface area contributed by atoms with E-state index < -0.39 is 26.5 Å². The molecule has 4 heterocycles. The van der Waals surface area contributed by atoms with Crippen molar-refractivity contribution in [1.82, 2.24) is 9.88 Å². The van der Waals surface area contributed by atoms with Gasteiger partial charge in [-0.15, -0.1) is 11.3 Å². The Bertz CT molecular complexity index is 1530. The molecule has 220 valence electrons. The van der Waals surface area contributed by atoms with Crippen LogP contribution in [0.15, 0.2) is 46.8 Å². The highest BCUT2D eigenvalue weighted by Gasteiger charge is 2.58. The van der Waals surface area contributed by atoms with Crippen LogP contribution in [-0.2, 0) is 26.0 Å².